The summed E-state index contributed by atoms with van der Waals surface area (Å²) >= 11 is 0. The minimum atomic E-state index is -4.07. The number of hydrogen-bond donors (Lipinski definition) is 2. The van der Waals surface area contributed by atoms with Gasteiger partial charge in [0.25, 0.3) is 0 Å². The van der Waals surface area contributed by atoms with Crippen LogP contribution in [0.3, 0.4) is 0 Å². The maximum Gasteiger partial charge on any atom is 0.407 e. The maximum atomic E-state index is 14.9. The summed E-state index contributed by atoms with van der Waals surface area (Å²) in [5.41, 5.74) is 1.21. The average Bonchev–Trinajstić information content (AvgIpc) is 2.85. The van der Waals surface area contributed by atoms with Crippen LogP contribution in [0, 0.1) is 0 Å². The molecule has 0 radical (unpaired) electrons. The Bertz CT molecular complexity index is 1190. The largest absolute Gasteiger partial charge is 0.444 e. The molecule has 1 fully saturated rings. The van der Waals surface area contributed by atoms with Gasteiger partial charge in [-0.15, -0.1) is 0 Å². The van der Waals surface area contributed by atoms with E-state index in [0.29, 0.717) is 23.1 Å². The number of aliphatic hydroxyl groups is 1. The zero-order valence-electron chi connectivity index (χ0n) is 21.5. The van der Waals surface area contributed by atoms with Gasteiger partial charge in [0.1, 0.15) is 10.3 Å². The number of hydrogen-bond acceptors (Lipinski definition) is 5. The Hall–Kier alpha value is -3.16. The lowest BCUT2D eigenvalue weighted by Gasteiger charge is -2.42. The van der Waals surface area contributed by atoms with Gasteiger partial charge in [0.05, 0.1) is 11.4 Å². The van der Waals surface area contributed by atoms with E-state index in [4.69, 9.17) is 4.74 Å². The summed E-state index contributed by atoms with van der Waals surface area (Å²) in [5.74, 6) is 0. The molecule has 0 bridgehead atoms. The number of alkyl carbamates (subject to hydrolysis) is 1. The second kappa shape index (κ2) is 10.7. The normalized spacial score (nSPS) is 20.7. The minimum Gasteiger partial charge on any atom is -0.444 e. The van der Waals surface area contributed by atoms with Crippen molar-refractivity contribution in [3.63, 3.8) is 0 Å². The zero-order chi connectivity index (χ0) is 26.7. The van der Waals surface area contributed by atoms with Crippen molar-refractivity contribution in [1.82, 2.24) is 5.32 Å². The topological polar surface area (TPSA) is 92.7 Å². The second-order valence-electron chi connectivity index (χ2n) is 10.6. The quantitative estimate of drug-likeness (QED) is 0.435. The Kier molecular flexibility index (Phi) is 7.76. The van der Waals surface area contributed by atoms with Crippen LogP contribution in [-0.4, -0.2) is 42.6 Å². The van der Waals surface area contributed by atoms with Crippen molar-refractivity contribution in [2.75, 3.05) is 0 Å². The molecular weight excluding hydrogens is 486 g/mol. The van der Waals surface area contributed by atoms with E-state index in [2.05, 4.69) is 5.32 Å². The molecule has 0 aliphatic heterocycles. The number of nitrogens with one attached hydrogen (secondary N) is 1. The first-order chi connectivity index (χ1) is 17.6. The summed E-state index contributed by atoms with van der Waals surface area (Å²) in [6.07, 6.45) is -0.989. The highest BCUT2D eigenvalue weighted by Gasteiger charge is 2.54. The van der Waals surface area contributed by atoms with Crippen LogP contribution in [-0.2, 0) is 19.3 Å². The Morgan fingerprint density at radius 2 is 1.24 bits per heavy atom. The van der Waals surface area contributed by atoms with E-state index in [1.807, 2.05) is 91.0 Å². The number of aliphatic hydroxyl groups excluding tert-OH is 1. The second-order valence-corrected chi connectivity index (χ2v) is 12.9. The maximum absolute atomic E-state index is 14.9. The van der Waals surface area contributed by atoms with Crippen molar-refractivity contribution in [3.8, 4) is 0 Å². The molecule has 6 nitrogen and oxygen atoms in total. The van der Waals surface area contributed by atoms with Gasteiger partial charge in [-0.1, -0.05) is 91.0 Å². The molecule has 0 saturated heterocycles. The molecule has 0 unspecified atom stereocenters. The Morgan fingerprint density at radius 1 is 0.811 bits per heavy atom. The minimum absolute atomic E-state index is 0.123. The van der Waals surface area contributed by atoms with Crippen LogP contribution in [0.25, 0.3) is 0 Å². The molecule has 1 aliphatic carbocycles. The molecule has 3 aromatic carbocycles. The first-order valence-corrected chi connectivity index (χ1v) is 14.2. The fraction of sp³-hybridized carbons (Fsp3) is 0.367. The average molecular weight is 522 g/mol. The first-order valence-electron chi connectivity index (χ1n) is 12.6. The summed E-state index contributed by atoms with van der Waals surface area (Å²) in [4.78, 5) is 12.3. The number of rotatable bonds is 6. The lowest BCUT2D eigenvalue weighted by molar-refractivity contribution is 0.0453. The summed E-state index contributed by atoms with van der Waals surface area (Å²) in [6.45, 7) is 5.34. The smallest absolute Gasteiger partial charge is 0.407 e. The van der Waals surface area contributed by atoms with E-state index >= 15 is 0 Å². The summed E-state index contributed by atoms with van der Waals surface area (Å²) in [5, 5.41) is 13.0. The van der Waals surface area contributed by atoms with Crippen LogP contribution in [0.2, 0.25) is 0 Å². The van der Waals surface area contributed by atoms with E-state index in [1.54, 1.807) is 20.8 Å². The SMILES string of the molecule is CC(C)(C)OC(=O)N[C@@H]1CC[C@@H](S(=O)(=O)C(c2ccccc2)(c2ccccc2)c2ccccc2)[C@H](O)C1. The monoisotopic (exact) mass is 521 g/mol. The number of carbonyl (C=O) groups is 1. The third-order valence-electron chi connectivity index (χ3n) is 6.84. The molecule has 2 N–H and O–H groups in total. The molecule has 4 rings (SSSR count). The highest BCUT2D eigenvalue weighted by molar-refractivity contribution is 7.93. The molecule has 1 saturated carbocycles. The van der Waals surface area contributed by atoms with Crippen molar-refractivity contribution in [3.05, 3.63) is 108 Å². The number of sulfone groups is 1. The van der Waals surface area contributed by atoms with Gasteiger partial charge in [0, 0.05) is 6.04 Å². The predicted octanol–water partition coefficient (Wildman–Crippen LogP) is 5.20. The van der Waals surface area contributed by atoms with Crippen molar-refractivity contribution < 1.29 is 23.1 Å². The Morgan fingerprint density at radius 3 is 1.62 bits per heavy atom. The predicted molar refractivity (Wildman–Crippen MR) is 145 cm³/mol. The van der Waals surface area contributed by atoms with Crippen molar-refractivity contribution >= 4 is 15.9 Å². The van der Waals surface area contributed by atoms with Gasteiger partial charge in [0.15, 0.2) is 9.84 Å². The van der Waals surface area contributed by atoms with Crippen LogP contribution in [0.15, 0.2) is 91.0 Å². The standard InChI is InChI=1S/C30H35NO5S/c1-29(2,3)36-28(33)31-25-19-20-27(26(32)21-25)37(34,35)30(22-13-7-4-8-14-22,23-15-9-5-10-16-23)24-17-11-6-12-18-24/h4-18,25-27,32H,19-21H2,1-3H3,(H,31,33)/t25-,26-,27-/m1/s1. The highest BCUT2D eigenvalue weighted by Crippen LogP contribution is 2.48. The third-order valence-corrected chi connectivity index (χ3v) is 9.75. The van der Waals surface area contributed by atoms with Crippen LogP contribution in [0.4, 0.5) is 4.79 Å². The molecule has 3 aromatic rings. The molecule has 0 aromatic heterocycles. The molecule has 196 valence electrons. The molecule has 7 heteroatoms. The molecule has 0 heterocycles. The first kappa shape index (κ1) is 26.9. The highest BCUT2D eigenvalue weighted by atomic mass is 32.2. The van der Waals surface area contributed by atoms with Gasteiger partial charge in [-0.05, 0) is 56.7 Å². The molecule has 0 spiro atoms. The molecule has 1 aliphatic rings. The fourth-order valence-corrected chi connectivity index (χ4v) is 8.14. The van der Waals surface area contributed by atoms with Crippen LogP contribution < -0.4 is 5.32 Å². The third kappa shape index (κ3) is 5.43. The molecule has 37 heavy (non-hydrogen) atoms. The van der Waals surface area contributed by atoms with E-state index in [9.17, 15) is 18.3 Å². The number of amides is 1. The van der Waals surface area contributed by atoms with Gasteiger partial charge >= 0.3 is 6.09 Å². The lowest BCUT2D eigenvalue weighted by Crippen LogP contribution is -2.53. The molecule has 3 atom stereocenters. The number of ether oxygens (including phenoxy) is 1. The van der Waals surface area contributed by atoms with E-state index in [-0.39, 0.29) is 18.9 Å². The number of benzene rings is 3. The van der Waals surface area contributed by atoms with Crippen LogP contribution in [0.1, 0.15) is 56.7 Å². The van der Waals surface area contributed by atoms with Gasteiger partial charge in [-0.2, -0.15) is 0 Å². The Balaban J connectivity index is 1.77. The van der Waals surface area contributed by atoms with Crippen LogP contribution >= 0.6 is 0 Å². The summed E-state index contributed by atoms with van der Waals surface area (Å²) in [6, 6.07) is 27.2. The van der Waals surface area contributed by atoms with Gasteiger partial charge < -0.3 is 15.2 Å². The van der Waals surface area contributed by atoms with E-state index in [1.165, 1.54) is 0 Å². The Labute approximate surface area is 219 Å². The van der Waals surface area contributed by atoms with Gasteiger partial charge in [-0.3, -0.25) is 0 Å². The van der Waals surface area contributed by atoms with E-state index < -0.39 is 37.6 Å². The zero-order valence-corrected chi connectivity index (χ0v) is 22.3. The summed E-state index contributed by atoms with van der Waals surface area (Å²) in [7, 11) is -4.07. The van der Waals surface area contributed by atoms with Gasteiger partial charge in [-0.25, -0.2) is 13.2 Å². The lowest BCUT2D eigenvalue weighted by atomic mass is 9.84. The molecular formula is C30H35NO5S. The molecule has 1 amide bonds. The van der Waals surface area contributed by atoms with Crippen molar-refractivity contribution in [2.24, 2.45) is 0 Å². The number of carbonyl (C=O) groups excluding carboxylic acids is 1. The fourth-order valence-electron chi connectivity index (χ4n) is 5.32. The van der Waals surface area contributed by atoms with Crippen molar-refractivity contribution in [1.29, 1.82) is 0 Å². The van der Waals surface area contributed by atoms with Gasteiger partial charge in [0.2, 0.25) is 0 Å². The van der Waals surface area contributed by atoms with E-state index in [0.717, 1.165) is 0 Å². The van der Waals surface area contributed by atoms with Crippen molar-refractivity contribution in [2.45, 2.75) is 67.8 Å². The van der Waals surface area contributed by atoms with Crippen LogP contribution in [0.5, 0.6) is 0 Å². The summed E-state index contributed by atoms with van der Waals surface area (Å²) < 4.78 is 33.6.